The molecule has 1 aromatic rings. The van der Waals surface area contributed by atoms with E-state index in [0.717, 1.165) is 13.1 Å². The summed E-state index contributed by atoms with van der Waals surface area (Å²) in [5.74, 6) is 0.849. The quantitative estimate of drug-likeness (QED) is 0.731. The minimum atomic E-state index is -0.818. The van der Waals surface area contributed by atoms with Crippen LogP contribution in [-0.4, -0.2) is 30.6 Å². The van der Waals surface area contributed by atoms with Gasteiger partial charge in [0, 0.05) is 23.0 Å². The minimum absolute atomic E-state index is 0.0322. The van der Waals surface area contributed by atoms with Crippen LogP contribution >= 0.6 is 23.2 Å². The third kappa shape index (κ3) is 5.96. The van der Waals surface area contributed by atoms with E-state index in [1.54, 1.807) is 18.2 Å². The van der Waals surface area contributed by atoms with Crippen LogP contribution in [-0.2, 0) is 4.79 Å². The van der Waals surface area contributed by atoms with Gasteiger partial charge in [0.15, 0.2) is 0 Å². The maximum atomic E-state index is 12.1. The lowest BCUT2D eigenvalue weighted by Crippen LogP contribution is -2.36. The van der Waals surface area contributed by atoms with Crippen molar-refractivity contribution in [3.63, 3.8) is 0 Å². The molecule has 0 saturated carbocycles. The third-order valence-corrected chi connectivity index (χ3v) is 4.85. The van der Waals surface area contributed by atoms with Crippen LogP contribution in [0, 0.1) is 11.8 Å². The Hall–Kier alpha value is -0.810. The Kier molecular flexibility index (Phi) is 7.15. The molecule has 1 aliphatic heterocycles. The molecule has 1 heterocycles. The van der Waals surface area contributed by atoms with Crippen LogP contribution in [0.1, 0.15) is 37.9 Å². The molecule has 3 atom stereocenters. The Morgan fingerprint density at radius 3 is 2.70 bits per heavy atom. The smallest absolute Gasteiger partial charge is 0.220 e. The Bertz CT molecular complexity index is 513. The van der Waals surface area contributed by atoms with Crippen molar-refractivity contribution in [3.8, 4) is 0 Å². The zero-order valence-electron chi connectivity index (χ0n) is 13.3. The van der Waals surface area contributed by atoms with E-state index in [9.17, 15) is 9.90 Å². The highest BCUT2D eigenvalue weighted by Gasteiger charge is 2.22. The van der Waals surface area contributed by atoms with Gasteiger partial charge in [0.05, 0.1) is 6.10 Å². The normalized spacial score (nSPS) is 20.8. The Balaban J connectivity index is 1.78. The van der Waals surface area contributed by atoms with Crippen molar-refractivity contribution in [3.05, 3.63) is 33.8 Å². The fourth-order valence-electron chi connectivity index (χ4n) is 2.99. The monoisotopic (exact) mass is 358 g/mol. The number of amides is 1. The maximum absolute atomic E-state index is 12.1. The van der Waals surface area contributed by atoms with Gasteiger partial charge in [0.2, 0.25) is 5.91 Å². The molecule has 1 saturated heterocycles. The van der Waals surface area contributed by atoms with Crippen molar-refractivity contribution < 1.29 is 9.90 Å². The third-order valence-electron chi connectivity index (χ3n) is 4.41. The first-order valence-electron chi connectivity index (χ1n) is 8.07. The molecule has 0 spiro atoms. The number of halogens is 2. The number of hydrogen-bond acceptors (Lipinski definition) is 3. The van der Waals surface area contributed by atoms with E-state index in [-0.39, 0.29) is 12.5 Å². The van der Waals surface area contributed by atoms with Crippen LogP contribution in [0.4, 0.5) is 0 Å². The molecule has 0 aliphatic carbocycles. The lowest BCUT2D eigenvalue weighted by molar-refractivity contribution is -0.122. The first kappa shape index (κ1) is 18.5. The SMILES string of the molecule is CC(CC(=O)NCC(O)c1cc(Cl)cc(Cl)c1)C1CCCNC1. The van der Waals surface area contributed by atoms with Crippen molar-refractivity contribution in [1.82, 2.24) is 10.6 Å². The van der Waals surface area contributed by atoms with Crippen LogP contribution in [0.25, 0.3) is 0 Å². The molecule has 1 fully saturated rings. The number of aliphatic hydroxyl groups is 1. The highest BCUT2D eigenvalue weighted by molar-refractivity contribution is 6.34. The average molecular weight is 359 g/mol. The van der Waals surface area contributed by atoms with Gasteiger partial charge in [-0.25, -0.2) is 0 Å². The molecule has 1 aliphatic rings. The standard InChI is InChI=1S/C17H24Cl2N2O2/c1-11(12-3-2-4-20-9-12)5-17(23)21-10-16(22)13-6-14(18)8-15(19)7-13/h6-8,11-12,16,20,22H,2-5,9-10H2,1H3,(H,21,23). The van der Waals surface area contributed by atoms with Gasteiger partial charge in [-0.15, -0.1) is 0 Å². The summed E-state index contributed by atoms with van der Waals surface area (Å²) in [6.45, 7) is 4.33. The molecule has 4 nitrogen and oxygen atoms in total. The number of carbonyl (C=O) groups is 1. The highest BCUT2D eigenvalue weighted by Crippen LogP contribution is 2.24. The van der Waals surface area contributed by atoms with Gasteiger partial charge in [-0.1, -0.05) is 30.1 Å². The van der Waals surface area contributed by atoms with E-state index in [2.05, 4.69) is 17.6 Å². The summed E-state index contributed by atoms with van der Waals surface area (Å²) in [5.41, 5.74) is 0.604. The topological polar surface area (TPSA) is 61.4 Å². The second-order valence-corrected chi connectivity index (χ2v) is 7.18. The van der Waals surface area contributed by atoms with Crippen molar-refractivity contribution in [1.29, 1.82) is 0 Å². The van der Waals surface area contributed by atoms with Crippen molar-refractivity contribution in [2.45, 2.75) is 32.3 Å². The number of benzene rings is 1. The highest BCUT2D eigenvalue weighted by atomic mass is 35.5. The van der Waals surface area contributed by atoms with Crippen LogP contribution in [0.15, 0.2) is 18.2 Å². The van der Waals surface area contributed by atoms with Gasteiger partial charge in [0.25, 0.3) is 0 Å². The Labute approximate surface area is 147 Å². The van der Waals surface area contributed by atoms with Gasteiger partial charge in [-0.3, -0.25) is 4.79 Å². The van der Waals surface area contributed by atoms with E-state index >= 15 is 0 Å². The van der Waals surface area contributed by atoms with Gasteiger partial charge in [0.1, 0.15) is 0 Å². The first-order chi connectivity index (χ1) is 11.0. The Morgan fingerprint density at radius 2 is 2.09 bits per heavy atom. The number of nitrogens with one attached hydrogen (secondary N) is 2. The fraction of sp³-hybridized carbons (Fsp3) is 0.588. The molecule has 1 aromatic carbocycles. The van der Waals surface area contributed by atoms with Crippen LogP contribution < -0.4 is 10.6 Å². The largest absolute Gasteiger partial charge is 0.387 e. The molecule has 0 aromatic heterocycles. The minimum Gasteiger partial charge on any atom is -0.387 e. The molecule has 6 heteroatoms. The molecular weight excluding hydrogens is 335 g/mol. The van der Waals surface area contributed by atoms with Crippen molar-refractivity contribution in [2.75, 3.05) is 19.6 Å². The predicted molar refractivity (Wildman–Crippen MR) is 93.8 cm³/mol. The summed E-state index contributed by atoms with van der Waals surface area (Å²) in [6, 6.07) is 4.92. The van der Waals surface area contributed by atoms with Crippen LogP contribution in [0.5, 0.6) is 0 Å². The molecule has 2 rings (SSSR count). The lowest BCUT2D eigenvalue weighted by Gasteiger charge is -2.28. The fourth-order valence-corrected chi connectivity index (χ4v) is 3.53. The number of aliphatic hydroxyl groups excluding tert-OH is 1. The van der Waals surface area contributed by atoms with Crippen LogP contribution in [0.3, 0.4) is 0 Å². The van der Waals surface area contributed by atoms with Gasteiger partial charge >= 0.3 is 0 Å². The maximum Gasteiger partial charge on any atom is 0.220 e. The molecular formula is C17H24Cl2N2O2. The van der Waals surface area contributed by atoms with E-state index in [0.29, 0.717) is 33.9 Å². The number of piperidine rings is 1. The summed E-state index contributed by atoms with van der Waals surface area (Å²) < 4.78 is 0. The molecule has 23 heavy (non-hydrogen) atoms. The predicted octanol–water partition coefficient (Wildman–Crippen LogP) is 3.17. The van der Waals surface area contributed by atoms with E-state index in [1.165, 1.54) is 12.8 Å². The molecule has 3 unspecified atom stereocenters. The molecule has 128 valence electrons. The first-order valence-corrected chi connectivity index (χ1v) is 8.82. The summed E-state index contributed by atoms with van der Waals surface area (Å²) in [6.07, 6.45) is 2.01. The summed E-state index contributed by atoms with van der Waals surface area (Å²) >= 11 is 11.8. The second-order valence-electron chi connectivity index (χ2n) is 6.31. The summed E-state index contributed by atoms with van der Waals surface area (Å²) in [7, 11) is 0. The molecule has 0 bridgehead atoms. The Morgan fingerprint density at radius 1 is 1.39 bits per heavy atom. The van der Waals surface area contributed by atoms with E-state index in [1.807, 2.05) is 0 Å². The van der Waals surface area contributed by atoms with Crippen molar-refractivity contribution >= 4 is 29.1 Å². The van der Waals surface area contributed by atoms with Gasteiger partial charge < -0.3 is 15.7 Å². The lowest BCUT2D eigenvalue weighted by atomic mass is 9.85. The van der Waals surface area contributed by atoms with E-state index in [4.69, 9.17) is 23.2 Å². The van der Waals surface area contributed by atoms with Gasteiger partial charge in [-0.2, -0.15) is 0 Å². The molecule has 1 amide bonds. The van der Waals surface area contributed by atoms with Gasteiger partial charge in [-0.05, 0) is 61.5 Å². The van der Waals surface area contributed by atoms with Crippen molar-refractivity contribution in [2.24, 2.45) is 11.8 Å². The number of hydrogen-bond donors (Lipinski definition) is 3. The van der Waals surface area contributed by atoms with Crippen LogP contribution in [0.2, 0.25) is 10.0 Å². The zero-order chi connectivity index (χ0) is 16.8. The second kappa shape index (κ2) is 8.88. The molecule has 3 N–H and O–H groups in total. The average Bonchev–Trinajstić information content (AvgIpc) is 2.52. The van der Waals surface area contributed by atoms with E-state index < -0.39 is 6.10 Å². The molecule has 0 radical (unpaired) electrons. The number of carbonyl (C=O) groups excluding carboxylic acids is 1. The number of rotatable bonds is 6. The summed E-state index contributed by atoms with van der Waals surface area (Å²) in [5, 5.41) is 17.3. The summed E-state index contributed by atoms with van der Waals surface area (Å²) in [4.78, 5) is 12.1. The zero-order valence-corrected chi connectivity index (χ0v) is 14.8.